The van der Waals surface area contributed by atoms with Crippen molar-refractivity contribution in [1.29, 1.82) is 0 Å². The number of fused-ring (bicyclic) bond motifs is 1. The second-order valence-electron chi connectivity index (χ2n) is 9.23. The standard InChI is InChI=1S/C27H33N3O4S/c1-29-12-14-30(15-13-29)25(19-11-10-18(32-2)17-22(19)33-3)24-20-7-4-5-9-23(20)35-27(24)28-26(31)21-8-6-16-34-21/h6,8,10-11,16-17,25H,4-5,7,9,12-15H2,1-3H3,(H,28,31)/t25-/m1/s1. The third-order valence-electron chi connectivity index (χ3n) is 7.10. The number of piperazine rings is 1. The number of thiophene rings is 1. The molecule has 3 aromatic rings. The SMILES string of the molecule is COc1ccc([C@H](c2c(NC(=O)c3ccco3)sc3c2CCCC3)N2CCN(C)CC2)c(OC)c1. The highest BCUT2D eigenvalue weighted by Crippen LogP contribution is 2.47. The molecule has 1 aliphatic heterocycles. The average Bonchev–Trinajstić information content (AvgIpc) is 3.54. The largest absolute Gasteiger partial charge is 0.497 e. The van der Waals surface area contributed by atoms with Crippen molar-refractivity contribution in [1.82, 2.24) is 9.80 Å². The Morgan fingerprint density at radius 1 is 1.09 bits per heavy atom. The summed E-state index contributed by atoms with van der Waals surface area (Å²) in [5.41, 5.74) is 3.69. The van der Waals surface area contributed by atoms with E-state index < -0.39 is 0 Å². The van der Waals surface area contributed by atoms with Gasteiger partial charge in [0.15, 0.2) is 5.76 Å². The number of hydrogen-bond donors (Lipinski definition) is 1. The number of methoxy groups -OCH3 is 2. The molecule has 7 nitrogen and oxygen atoms in total. The summed E-state index contributed by atoms with van der Waals surface area (Å²) >= 11 is 1.72. The van der Waals surface area contributed by atoms with Crippen LogP contribution in [0.3, 0.4) is 0 Å². The van der Waals surface area contributed by atoms with Gasteiger partial charge in [-0.2, -0.15) is 0 Å². The van der Waals surface area contributed by atoms with E-state index in [1.165, 1.54) is 28.7 Å². The predicted molar refractivity (Wildman–Crippen MR) is 138 cm³/mol. The fraction of sp³-hybridized carbons (Fsp3) is 0.444. The van der Waals surface area contributed by atoms with Gasteiger partial charge in [-0.15, -0.1) is 11.3 Å². The predicted octanol–water partition coefficient (Wildman–Crippen LogP) is 4.83. The van der Waals surface area contributed by atoms with E-state index in [9.17, 15) is 4.79 Å². The number of benzene rings is 1. The Morgan fingerprint density at radius 2 is 1.89 bits per heavy atom. The molecule has 5 rings (SSSR count). The first-order valence-corrected chi connectivity index (χ1v) is 13.0. The van der Waals surface area contributed by atoms with Crippen LogP contribution in [0.1, 0.15) is 51.0 Å². The van der Waals surface area contributed by atoms with Gasteiger partial charge in [0, 0.05) is 48.2 Å². The van der Waals surface area contributed by atoms with E-state index in [4.69, 9.17) is 13.9 Å². The van der Waals surface area contributed by atoms with E-state index >= 15 is 0 Å². The van der Waals surface area contributed by atoms with Crippen LogP contribution >= 0.6 is 11.3 Å². The van der Waals surface area contributed by atoms with Crippen molar-refractivity contribution >= 4 is 22.2 Å². The van der Waals surface area contributed by atoms with Gasteiger partial charge in [-0.05, 0) is 62.6 Å². The number of hydrogen-bond acceptors (Lipinski definition) is 7. The summed E-state index contributed by atoms with van der Waals surface area (Å²) in [5, 5.41) is 4.13. The molecular formula is C27H33N3O4S. The lowest BCUT2D eigenvalue weighted by Crippen LogP contribution is -2.46. The molecule has 1 atom stereocenters. The van der Waals surface area contributed by atoms with Crippen molar-refractivity contribution in [2.45, 2.75) is 31.7 Å². The van der Waals surface area contributed by atoms with E-state index in [-0.39, 0.29) is 11.9 Å². The maximum absolute atomic E-state index is 13.1. The summed E-state index contributed by atoms with van der Waals surface area (Å²) < 4.78 is 16.8. The number of amides is 1. The lowest BCUT2D eigenvalue weighted by atomic mass is 9.88. The van der Waals surface area contributed by atoms with Crippen LogP contribution in [0, 0.1) is 0 Å². The molecule has 1 aromatic carbocycles. The van der Waals surface area contributed by atoms with Crippen LogP contribution in [-0.4, -0.2) is 63.2 Å². The third kappa shape index (κ3) is 4.83. The van der Waals surface area contributed by atoms with Crippen molar-refractivity contribution in [3.05, 3.63) is 63.9 Å². The maximum atomic E-state index is 13.1. The summed E-state index contributed by atoms with van der Waals surface area (Å²) in [6.07, 6.45) is 5.96. The Hall–Kier alpha value is -2.81. The number of rotatable bonds is 7. The minimum Gasteiger partial charge on any atom is -0.497 e. The normalized spacial score (nSPS) is 17.6. The number of nitrogens with one attached hydrogen (secondary N) is 1. The molecule has 8 heteroatoms. The summed E-state index contributed by atoms with van der Waals surface area (Å²) in [4.78, 5) is 19.3. The van der Waals surface area contributed by atoms with Crippen molar-refractivity contribution < 1.29 is 18.7 Å². The Labute approximate surface area is 210 Å². The molecular weight excluding hydrogens is 462 g/mol. The molecule has 0 unspecified atom stereocenters. The Morgan fingerprint density at radius 3 is 2.60 bits per heavy atom. The zero-order valence-corrected chi connectivity index (χ0v) is 21.5. The van der Waals surface area contributed by atoms with E-state index in [1.807, 2.05) is 12.1 Å². The molecule has 0 bridgehead atoms. The average molecular weight is 496 g/mol. The number of carbonyl (C=O) groups excluding carboxylic acids is 1. The molecule has 0 saturated carbocycles. The lowest BCUT2D eigenvalue weighted by Gasteiger charge is -2.39. The second-order valence-corrected chi connectivity index (χ2v) is 10.3. The number of carbonyl (C=O) groups is 1. The molecule has 1 amide bonds. The van der Waals surface area contributed by atoms with Crippen LogP contribution in [0.5, 0.6) is 11.5 Å². The Kier molecular flexibility index (Phi) is 7.13. The molecule has 0 radical (unpaired) electrons. The number of aryl methyl sites for hydroxylation is 1. The van der Waals surface area contributed by atoms with Crippen LogP contribution in [0.25, 0.3) is 0 Å². The topological polar surface area (TPSA) is 67.2 Å². The van der Waals surface area contributed by atoms with Crippen molar-refractivity contribution in [2.75, 3.05) is 52.8 Å². The highest BCUT2D eigenvalue weighted by atomic mass is 32.1. The molecule has 2 aliphatic rings. The van der Waals surface area contributed by atoms with E-state index in [0.29, 0.717) is 5.76 Å². The molecule has 35 heavy (non-hydrogen) atoms. The fourth-order valence-corrected chi connectivity index (χ4v) is 6.52. The van der Waals surface area contributed by atoms with Gasteiger partial charge in [0.25, 0.3) is 5.91 Å². The molecule has 186 valence electrons. The molecule has 1 N–H and O–H groups in total. The van der Waals surface area contributed by atoms with Crippen molar-refractivity contribution in [3.63, 3.8) is 0 Å². The van der Waals surface area contributed by atoms with Crippen LogP contribution < -0.4 is 14.8 Å². The smallest absolute Gasteiger partial charge is 0.291 e. The van der Waals surface area contributed by atoms with E-state index in [0.717, 1.165) is 67.5 Å². The van der Waals surface area contributed by atoms with Gasteiger partial charge in [0.1, 0.15) is 16.5 Å². The second kappa shape index (κ2) is 10.4. The van der Waals surface area contributed by atoms with Crippen LogP contribution in [-0.2, 0) is 12.8 Å². The first-order valence-electron chi connectivity index (χ1n) is 12.2. The number of ether oxygens (including phenoxy) is 2. The zero-order chi connectivity index (χ0) is 24.4. The first-order chi connectivity index (χ1) is 17.1. The minimum absolute atomic E-state index is 0.0328. The zero-order valence-electron chi connectivity index (χ0n) is 20.6. The molecule has 1 aliphatic carbocycles. The third-order valence-corrected chi connectivity index (χ3v) is 8.32. The quantitative estimate of drug-likeness (QED) is 0.507. The Bertz CT molecular complexity index is 1170. The number of nitrogens with zero attached hydrogens (tertiary/aromatic N) is 2. The molecule has 0 spiro atoms. The Balaban J connectivity index is 1.64. The van der Waals surface area contributed by atoms with Crippen molar-refractivity contribution in [2.24, 2.45) is 0 Å². The fourth-order valence-electron chi connectivity index (χ4n) is 5.20. The molecule has 3 heterocycles. The summed E-state index contributed by atoms with van der Waals surface area (Å²) in [6.45, 7) is 3.86. The molecule has 2 aromatic heterocycles. The molecule has 1 fully saturated rings. The van der Waals surface area contributed by atoms with Gasteiger partial charge in [-0.3, -0.25) is 9.69 Å². The lowest BCUT2D eigenvalue weighted by molar-refractivity contribution is 0.0996. The minimum atomic E-state index is -0.214. The van der Waals surface area contributed by atoms with Gasteiger partial charge in [-0.25, -0.2) is 0 Å². The monoisotopic (exact) mass is 495 g/mol. The van der Waals surface area contributed by atoms with Crippen LogP contribution in [0.15, 0.2) is 41.0 Å². The van der Waals surface area contributed by atoms with Crippen molar-refractivity contribution in [3.8, 4) is 11.5 Å². The van der Waals surface area contributed by atoms with E-state index in [2.05, 4.69) is 28.2 Å². The number of likely N-dealkylation sites (N-methyl/N-ethyl adjacent to an activating group) is 1. The first kappa shape index (κ1) is 23.9. The van der Waals surface area contributed by atoms with Gasteiger partial charge in [0.05, 0.1) is 26.5 Å². The van der Waals surface area contributed by atoms with E-state index in [1.54, 1.807) is 37.7 Å². The van der Waals surface area contributed by atoms with Gasteiger partial charge in [-0.1, -0.05) is 0 Å². The van der Waals surface area contributed by atoms with Crippen LogP contribution in [0.2, 0.25) is 0 Å². The number of anilines is 1. The highest BCUT2D eigenvalue weighted by Gasteiger charge is 2.35. The summed E-state index contributed by atoms with van der Waals surface area (Å²) in [6, 6.07) is 9.48. The van der Waals surface area contributed by atoms with Gasteiger partial charge >= 0.3 is 0 Å². The number of furan rings is 1. The summed E-state index contributed by atoms with van der Waals surface area (Å²) in [7, 11) is 5.55. The highest BCUT2D eigenvalue weighted by molar-refractivity contribution is 7.16. The maximum Gasteiger partial charge on any atom is 0.291 e. The molecule has 1 saturated heterocycles. The van der Waals surface area contributed by atoms with Gasteiger partial charge in [0.2, 0.25) is 0 Å². The van der Waals surface area contributed by atoms with Crippen LogP contribution in [0.4, 0.5) is 5.00 Å². The summed E-state index contributed by atoms with van der Waals surface area (Å²) in [5.74, 6) is 1.67. The van der Waals surface area contributed by atoms with Gasteiger partial charge < -0.3 is 24.1 Å².